The second-order valence-corrected chi connectivity index (χ2v) is 3.88. The third-order valence-corrected chi connectivity index (χ3v) is 2.48. The lowest BCUT2D eigenvalue weighted by molar-refractivity contribution is -0.124. The molecule has 5 nitrogen and oxygen atoms in total. The molecule has 0 atom stereocenters. The van der Waals surface area contributed by atoms with Gasteiger partial charge in [0.2, 0.25) is 5.91 Å². The van der Waals surface area contributed by atoms with Gasteiger partial charge in [0.25, 0.3) is 5.91 Å². The summed E-state index contributed by atoms with van der Waals surface area (Å²) in [6.07, 6.45) is 6.10. The van der Waals surface area contributed by atoms with E-state index in [1.54, 1.807) is 0 Å². The smallest absolute Gasteiger partial charge is 0.270 e. The number of nitrogens with zero attached hydrogens (tertiary/aromatic N) is 2. The summed E-state index contributed by atoms with van der Waals surface area (Å²) < 4.78 is 12.7. The minimum absolute atomic E-state index is 0.128. The van der Waals surface area contributed by atoms with Gasteiger partial charge in [0.15, 0.2) is 0 Å². The maximum atomic E-state index is 12.7. The lowest BCUT2D eigenvalue weighted by Crippen LogP contribution is -2.37. The van der Waals surface area contributed by atoms with Crippen LogP contribution >= 0.6 is 0 Å². The Morgan fingerprint density at radius 2 is 1.63 bits per heavy atom. The topological polar surface area (TPSA) is 52.7 Å². The first-order valence-corrected chi connectivity index (χ1v) is 5.57. The van der Waals surface area contributed by atoms with Gasteiger partial charge in [-0.3, -0.25) is 24.9 Å². The summed E-state index contributed by atoms with van der Waals surface area (Å²) in [4.78, 5) is 24.3. The average molecular weight is 261 g/mol. The third kappa shape index (κ3) is 3.19. The lowest BCUT2D eigenvalue weighted by atomic mass is 10.2. The molecule has 0 spiro atoms. The first kappa shape index (κ1) is 12.8. The highest BCUT2D eigenvalue weighted by atomic mass is 19.1. The van der Waals surface area contributed by atoms with Crippen molar-refractivity contribution in [1.82, 2.24) is 15.3 Å². The van der Waals surface area contributed by atoms with Gasteiger partial charge in [-0.05, 0) is 24.3 Å². The number of benzene rings is 1. The van der Waals surface area contributed by atoms with Crippen LogP contribution < -0.4 is 5.43 Å². The van der Waals surface area contributed by atoms with Crippen molar-refractivity contribution < 1.29 is 14.0 Å². The molecule has 1 aliphatic heterocycles. The van der Waals surface area contributed by atoms with E-state index in [0.29, 0.717) is 5.56 Å². The predicted molar refractivity (Wildman–Crippen MR) is 66.5 cm³/mol. The van der Waals surface area contributed by atoms with E-state index in [1.807, 2.05) is 0 Å². The molecule has 6 heteroatoms. The summed E-state index contributed by atoms with van der Waals surface area (Å²) in [6, 6.07) is 5.22. The van der Waals surface area contributed by atoms with Gasteiger partial charge in [0, 0.05) is 37.3 Å². The molecule has 19 heavy (non-hydrogen) atoms. The summed E-state index contributed by atoms with van der Waals surface area (Å²) in [7, 11) is 0. The predicted octanol–water partition coefficient (Wildman–Crippen LogP) is 1.58. The molecule has 1 aromatic carbocycles. The highest BCUT2D eigenvalue weighted by molar-refractivity contribution is 5.93. The molecule has 1 aliphatic rings. The molecule has 1 N–H and O–H groups in total. The van der Waals surface area contributed by atoms with Gasteiger partial charge in [0.1, 0.15) is 5.82 Å². The molecule has 0 radical (unpaired) electrons. The van der Waals surface area contributed by atoms with Gasteiger partial charge in [-0.1, -0.05) is 0 Å². The van der Waals surface area contributed by atoms with E-state index < -0.39 is 5.82 Å². The van der Waals surface area contributed by atoms with Crippen LogP contribution in [-0.4, -0.2) is 21.7 Å². The first-order chi connectivity index (χ1) is 9.06. The number of carbonyl (C=O) groups excluding carboxylic acids is 2. The molecule has 2 amide bonds. The first-order valence-electron chi connectivity index (χ1n) is 5.57. The Kier molecular flexibility index (Phi) is 3.61. The molecule has 2 rings (SSSR count). The molecular weight excluding hydrogens is 249 g/mol. The second-order valence-electron chi connectivity index (χ2n) is 3.88. The zero-order chi connectivity index (χ0) is 13.8. The maximum Gasteiger partial charge on any atom is 0.270 e. The lowest BCUT2D eigenvalue weighted by Gasteiger charge is -2.23. The molecular formula is C13H12FN3O2. The summed E-state index contributed by atoms with van der Waals surface area (Å²) in [6.45, 7) is 1.43. The van der Waals surface area contributed by atoms with E-state index in [4.69, 9.17) is 0 Å². The van der Waals surface area contributed by atoms with Crippen molar-refractivity contribution in [2.45, 2.75) is 6.92 Å². The Labute approximate surface area is 109 Å². The highest BCUT2D eigenvalue weighted by Gasteiger charge is 2.10. The van der Waals surface area contributed by atoms with Gasteiger partial charge in [-0.25, -0.2) is 4.39 Å². The van der Waals surface area contributed by atoms with Crippen molar-refractivity contribution in [2.75, 3.05) is 0 Å². The van der Waals surface area contributed by atoms with Crippen molar-refractivity contribution in [2.24, 2.45) is 0 Å². The van der Waals surface area contributed by atoms with E-state index in [9.17, 15) is 14.0 Å². The van der Waals surface area contributed by atoms with Crippen molar-refractivity contribution in [3.63, 3.8) is 0 Å². The largest absolute Gasteiger partial charge is 0.292 e. The van der Waals surface area contributed by atoms with Crippen molar-refractivity contribution in [3.8, 4) is 0 Å². The number of rotatable bonds is 2. The van der Waals surface area contributed by atoms with E-state index in [0.717, 1.165) is 0 Å². The van der Waals surface area contributed by atoms with Crippen LogP contribution in [0, 0.1) is 5.82 Å². The third-order valence-electron chi connectivity index (χ3n) is 2.48. The molecule has 1 aromatic rings. The quantitative estimate of drug-likeness (QED) is 0.879. The van der Waals surface area contributed by atoms with Crippen molar-refractivity contribution in [3.05, 3.63) is 60.4 Å². The van der Waals surface area contributed by atoms with Crippen LogP contribution in [-0.2, 0) is 4.79 Å². The van der Waals surface area contributed by atoms with E-state index in [1.165, 1.54) is 65.9 Å². The van der Waals surface area contributed by atoms with Gasteiger partial charge in [-0.2, -0.15) is 0 Å². The minimum atomic E-state index is -0.397. The number of halogens is 1. The molecule has 0 saturated heterocycles. The van der Waals surface area contributed by atoms with Crippen LogP contribution in [0.1, 0.15) is 17.3 Å². The summed E-state index contributed by atoms with van der Waals surface area (Å²) in [5.41, 5.74) is 2.92. The van der Waals surface area contributed by atoms with E-state index in [-0.39, 0.29) is 11.8 Å². The van der Waals surface area contributed by atoms with Gasteiger partial charge < -0.3 is 0 Å². The standard InChI is InChI=1S/C13H12FN3O2/c1-10(18)16-6-8-17(9-7-16)15-13(19)11-2-4-12(14)5-3-11/h2-9H,1H3,(H,15,19). The molecule has 0 saturated carbocycles. The number of hydrogen-bond acceptors (Lipinski definition) is 3. The van der Waals surface area contributed by atoms with Crippen LogP contribution in [0.2, 0.25) is 0 Å². The minimum Gasteiger partial charge on any atom is -0.292 e. The number of nitrogens with one attached hydrogen (secondary N) is 1. The summed E-state index contributed by atoms with van der Waals surface area (Å²) in [5.74, 6) is -0.894. The monoisotopic (exact) mass is 261 g/mol. The zero-order valence-electron chi connectivity index (χ0n) is 10.2. The van der Waals surface area contributed by atoms with Crippen LogP contribution in [0.3, 0.4) is 0 Å². The van der Waals surface area contributed by atoms with E-state index in [2.05, 4.69) is 5.43 Å². The maximum absolute atomic E-state index is 12.7. The van der Waals surface area contributed by atoms with Crippen LogP contribution in [0.5, 0.6) is 0 Å². The Morgan fingerprint density at radius 1 is 1.05 bits per heavy atom. The number of hydrazine groups is 1. The van der Waals surface area contributed by atoms with Gasteiger partial charge in [-0.15, -0.1) is 0 Å². The fraction of sp³-hybridized carbons (Fsp3) is 0.0769. The highest BCUT2D eigenvalue weighted by Crippen LogP contribution is 2.06. The molecule has 0 unspecified atom stereocenters. The number of amides is 2. The normalized spacial score (nSPS) is 13.6. The molecule has 0 fully saturated rings. The molecule has 1 heterocycles. The zero-order valence-corrected chi connectivity index (χ0v) is 10.2. The molecule has 0 aliphatic carbocycles. The Bertz CT molecular complexity index is 538. The fourth-order valence-corrected chi connectivity index (χ4v) is 1.45. The molecule has 0 aromatic heterocycles. The van der Waals surface area contributed by atoms with Crippen molar-refractivity contribution in [1.29, 1.82) is 0 Å². The van der Waals surface area contributed by atoms with Crippen molar-refractivity contribution >= 4 is 11.8 Å². The number of hydrogen-bond donors (Lipinski definition) is 1. The Morgan fingerprint density at radius 3 is 2.16 bits per heavy atom. The van der Waals surface area contributed by atoms with Crippen LogP contribution in [0.4, 0.5) is 4.39 Å². The van der Waals surface area contributed by atoms with Crippen LogP contribution in [0.25, 0.3) is 0 Å². The van der Waals surface area contributed by atoms with Gasteiger partial charge >= 0.3 is 0 Å². The SMILES string of the molecule is CC(=O)N1C=CN(NC(=O)c2ccc(F)cc2)C=C1. The second kappa shape index (κ2) is 5.34. The van der Waals surface area contributed by atoms with Gasteiger partial charge in [0.05, 0.1) is 0 Å². The summed E-state index contributed by atoms with van der Waals surface area (Å²) >= 11 is 0. The molecule has 0 bridgehead atoms. The number of carbonyl (C=O) groups is 2. The average Bonchev–Trinajstić information content (AvgIpc) is 2.40. The fourth-order valence-electron chi connectivity index (χ4n) is 1.45. The molecule has 98 valence electrons. The Balaban J connectivity index is 1.98. The Hall–Kier alpha value is -2.63. The van der Waals surface area contributed by atoms with Crippen LogP contribution in [0.15, 0.2) is 49.1 Å². The summed E-state index contributed by atoms with van der Waals surface area (Å²) in [5, 5.41) is 1.41. The van der Waals surface area contributed by atoms with E-state index >= 15 is 0 Å².